The minimum Gasteiger partial charge on any atom is -0.359 e. The highest BCUT2D eigenvalue weighted by Crippen LogP contribution is 2.39. The first-order valence-electron chi connectivity index (χ1n) is 7.87. The molecule has 2 saturated heterocycles. The Labute approximate surface area is 137 Å². The zero-order valence-electron chi connectivity index (χ0n) is 13.5. The van der Waals surface area contributed by atoms with Gasteiger partial charge in [-0.15, -0.1) is 0 Å². The smallest absolute Gasteiger partial charge is 0.225 e. The molecule has 1 amide bonds. The van der Waals surface area contributed by atoms with E-state index in [-0.39, 0.29) is 23.8 Å². The normalized spacial score (nSPS) is 29.2. The van der Waals surface area contributed by atoms with Crippen molar-refractivity contribution in [3.63, 3.8) is 0 Å². The van der Waals surface area contributed by atoms with Crippen LogP contribution in [0, 0.1) is 5.92 Å². The molecule has 0 bridgehead atoms. The molecule has 1 aromatic carbocycles. The number of nitrogens with zero attached hydrogens (tertiary/aromatic N) is 2. The number of fused-ring (bicyclic) bond motifs is 1. The molecular weight excluding hydrogens is 314 g/mol. The molecule has 2 aliphatic rings. The van der Waals surface area contributed by atoms with E-state index in [0.717, 1.165) is 12.1 Å². The maximum Gasteiger partial charge on any atom is 0.225 e. The Bertz CT molecular complexity index is 677. The molecule has 2 aliphatic heterocycles. The third kappa shape index (κ3) is 3.13. The Hall–Kier alpha value is -1.44. The van der Waals surface area contributed by atoms with Crippen molar-refractivity contribution in [2.45, 2.75) is 12.0 Å². The summed E-state index contributed by atoms with van der Waals surface area (Å²) < 4.78 is 25.3. The monoisotopic (exact) mass is 337 g/mol. The Balaban J connectivity index is 1.92. The highest BCUT2D eigenvalue weighted by atomic mass is 32.2. The van der Waals surface area contributed by atoms with Crippen molar-refractivity contribution in [2.75, 3.05) is 39.5 Å². The molecule has 126 valence electrons. The van der Waals surface area contributed by atoms with Gasteiger partial charge in [0.15, 0.2) is 0 Å². The van der Waals surface area contributed by atoms with Crippen LogP contribution in [0.2, 0.25) is 0 Å². The van der Waals surface area contributed by atoms with Crippen LogP contribution in [-0.4, -0.2) is 69.1 Å². The zero-order valence-corrected chi connectivity index (χ0v) is 14.3. The van der Waals surface area contributed by atoms with Crippen LogP contribution in [0.15, 0.2) is 30.3 Å². The van der Waals surface area contributed by atoms with Gasteiger partial charge in [-0.1, -0.05) is 30.3 Å². The standard InChI is InChI=1S/C16H23N3O3S/c1-17-16(20)15-13(12-6-4-3-5-7-12)10-18-8-9-19(11-14(15)18)23(2,21)22/h3-7,13-15H,8-11H2,1-2H3,(H,17,20)/t13-,14+,15-/m0/s1. The SMILES string of the molecule is CNC(=O)[C@@H]1[C@H]2CN(S(C)(=O)=O)CCN2C[C@H]1c1ccccc1. The molecular formula is C16H23N3O3S. The average molecular weight is 337 g/mol. The summed E-state index contributed by atoms with van der Waals surface area (Å²) in [5.74, 6) is -0.144. The number of piperazine rings is 1. The topological polar surface area (TPSA) is 69.7 Å². The van der Waals surface area contributed by atoms with Crippen LogP contribution < -0.4 is 5.32 Å². The van der Waals surface area contributed by atoms with Crippen molar-refractivity contribution < 1.29 is 13.2 Å². The van der Waals surface area contributed by atoms with E-state index in [4.69, 9.17) is 0 Å². The van der Waals surface area contributed by atoms with E-state index in [2.05, 4.69) is 10.2 Å². The quantitative estimate of drug-likeness (QED) is 0.849. The third-order valence-corrected chi connectivity index (χ3v) is 6.29. The number of benzene rings is 1. The summed E-state index contributed by atoms with van der Waals surface area (Å²) in [4.78, 5) is 14.8. The lowest BCUT2D eigenvalue weighted by molar-refractivity contribution is -0.126. The van der Waals surface area contributed by atoms with E-state index in [1.165, 1.54) is 10.6 Å². The molecule has 0 aliphatic carbocycles. The average Bonchev–Trinajstić information content (AvgIpc) is 2.92. The van der Waals surface area contributed by atoms with E-state index in [0.29, 0.717) is 19.6 Å². The van der Waals surface area contributed by atoms with Crippen LogP contribution in [0.5, 0.6) is 0 Å². The van der Waals surface area contributed by atoms with Gasteiger partial charge in [0.25, 0.3) is 0 Å². The minimum atomic E-state index is -3.23. The number of nitrogens with one attached hydrogen (secondary N) is 1. The van der Waals surface area contributed by atoms with E-state index >= 15 is 0 Å². The fourth-order valence-electron chi connectivity index (χ4n) is 3.86. The molecule has 0 spiro atoms. The van der Waals surface area contributed by atoms with Crippen molar-refractivity contribution in [1.29, 1.82) is 0 Å². The number of carbonyl (C=O) groups is 1. The maximum absolute atomic E-state index is 12.5. The minimum absolute atomic E-state index is 0.0123. The number of carbonyl (C=O) groups excluding carboxylic acids is 1. The van der Waals surface area contributed by atoms with Crippen LogP contribution >= 0.6 is 0 Å². The molecule has 6 nitrogen and oxygen atoms in total. The molecule has 23 heavy (non-hydrogen) atoms. The summed E-state index contributed by atoms with van der Waals surface area (Å²) in [6, 6.07) is 9.96. The molecule has 3 atom stereocenters. The summed E-state index contributed by atoms with van der Waals surface area (Å²) in [6.45, 7) is 2.36. The Morgan fingerprint density at radius 3 is 2.48 bits per heavy atom. The molecule has 1 N–H and O–H groups in total. The highest BCUT2D eigenvalue weighted by Gasteiger charge is 2.49. The second-order valence-corrected chi connectivity index (χ2v) is 8.32. The van der Waals surface area contributed by atoms with Crippen LogP contribution in [0.3, 0.4) is 0 Å². The van der Waals surface area contributed by atoms with Gasteiger partial charge in [0, 0.05) is 45.2 Å². The lowest BCUT2D eigenvalue weighted by Crippen LogP contribution is -2.55. The molecule has 0 saturated carbocycles. The molecule has 2 heterocycles. The number of rotatable bonds is 3. The van der Waals surface area contributed by atoms with Crippen molar-refractivity contribution in [3.8, 4) is 0 Å². The third-order valence-electron chi connectivity index (χ3n) is 5.02. The summed E-state index contributed by atoms with van der Waals surface area (Å²) in [6.07, 6.45) is 1.24. The Kier molecular flexibility index (Phi) is 4.44. The molecule has 0 aromatic heterocycles. The van der Waals surface area contributed by atoms with Crippen molar-refractivity contribution in [1.82, 2.24) is 14.5 Å². The lowest BCUT2D eigenvalue weighted by Gasteiger charge is -2.37. The van der Waals surface area contributed by atoms with Crippen LogP contribution in [0.4, 0.5) is 0 Å². The second-order valence-electron chi connectivity index (χ2n) is 6.34. The first-order valence-corrected chi connectivity index (χ1v) is 9.72. The van der Waals surface area contributed by atoms with Gasteiger partial charge < -0.3 is 5.32 Å². The predicted octanol–water partition coefficient (Wildman–Crippen LogP) is 0.0918. The largest absolute Gasteiger partial charge is 0.359 e. The summed E-state index contributed by atoms with van der Waals surface area (Å²) in [7, 11) is -1.58. The second kappa shape index (κ2) is 6.22. The summed E-state index contributed by atoms with van der Waals surface area (Å²) in [5, 5.41) is 2.76. The number of hydrogen-bond donors (Lipinski definition) is 1. The Morgan fingerprint density at radius 2 is 1.87 bits per heavy atom. The van der Waals surface area contributed by atoms with Crippen LogP contribution in [0.1, 0.15) is 11.5 Å². The van der Waals surface area contributed by atoms with Crippen LogP contribution in [0.25, 0.3) is 0 Å². The maximum atomic E-state index is 12.5. The number of hydrogen-bond acceptors (Lipinski definition) is 4. The molecule has 0 unspecified atom stereocenters. The van der Waals surface area contributed by atoms with E-state index in [9.17, 15) is 13.2 Å². The Morgan fingerprint density at radius 1 is 1.17 bits per heavy atom. The fourth-order valence-corrected chi connectivity index (χ4v) is 4.70. The highest BCUT2D eigenvalue weighted by molar-refractivity contribution is 7.88. The van der Waals surface area contributed by atoms with Gasteiger partial charge in [0.05, 0.1) is 12.2 Å². The zero-order chi connectivity index (χ0) is 16.6. The van der Waals surface area contributed by atoms with Crippen molar-refractivity contribution in [2.24, 2.45) is 5.92 Å². The summed E-state index contributed by atoms with van der Waals surface area (Å²) in [5.41, 5.74) is 1.14. The first-order chi connectivity index (χ1) is 10.9. The molecule has 1 aromatic rings. The van der Waals surface area contributed by atoms with Crippen LogP contribution in [-0.2, 0) is 14.8 Å². The van der Waals surface area contributed by atoms with Gasteiger partial charge in [0.1, 0.15) is 0 Å². The van der Waals surface area contributed by atoms with Crippen molar-refractivity contribution >= 4 is 15.9 Å². The lowest BCUT2D eigenvalue weighted by atomic mass is 9.84. The van der Waals surface area contributed by atoms with Gasteiger partial charge in [0.2, 0.25) is 15.9 Å². The molecule has 7 heteroatoms. The number of sulfonamides is 1. The van der Waals surface area contributed by atoms with Gasteiger partial charge in [-0.2, -0.15) is 4.31 Å². The number of amides is 1. The first kappa shape index (κ1) is 16.4. The van der Waals surface area contributed by atoms with Crippen molar-refractivity contribution in [3.05, 3.63) is 35.9 Å². The predicted molar refractivity (Wildman–Crippen MR) is 88.5 cm³/mol. The van der Waals surface area contributed by atoms with Gasteiger partial charge in [-0.05, 0) is 5.56 Å². The van der Waals surface area contributed by atoms with E-state index in [1.807, 2.05) is 30.3 Å². The fraction of sp³-hybridized carbons (Fsp3) is 0.562. The molecule has 0 radical (unpaired) electrons. The van der Waals surface area contributed by atoms with E-state index in [1.54, 1.807) is 7.05 Å². The van der Waals surface area contributed by atoms with Gasteiger partial charge in [-0.3, -0.25) is 9.69 Å². The van der Waals surface area contributed by atoms with Gasteiger partial charge in [-0.25, -0.2) is 8.42 Å². The molecule has 3 rings (SSSR count). The molecule has 2 fully saturated rings. The van der Waals surface area contributed by atoms with E-state index < -0.39 is 10.0 Å². The summed E-state index contributed by atoms with van der Waals surface area (Å²) >= 11 is 0. The van der Waals surface area contributed by atoms with Gasteiger partial charge >= 0.3 is 0 Å².